The van der Waals surface area contributed by atoms with Crippen LogP contribution in [0.4, 0.5) is 0 Å². The maximum Gasteiger partial charge on any atom is 0.0959 e. The van der Waals surface area contributed by atoms with E-state index in [9.17, 15) is 0 Å². The topological polar surface area (TPSA) is 21.1 Å². The van der Waals surface area contributed by atoms with Gasteiger partial charge in [0.1, 0.15) is 0 Å². The van der Waals surface area contributed by atoms with Crippen LogP contribution in [0.5, 0.6) is 0 Å². The molecular weight excluding hydrogens is 350 g/mol. The fraction of sp³-hybridized carbons (Fsp3) is 0.435. The molecule has 1 saturated carbocycles. The van der Waals surface area contributed by atoms with E-state index >= 15 is 0 Å². The smallest absolute Gasteiger partial charge is 0.0959 e. The Morgan fingerprint density at radius 2 is 1.89 bits per heavy atom. The summed E-state index contributed by atoms with van der Waals surface area (Å²) in [6.07, 6.45) is 13.2. The van der Waals surface area contributed by atoms with E-state index in [2.05, 4.69) is 68.5 Å². The summed E-state index contributed by atoms with van der Waals surface area (Å²) < 4.78 is 2.35. The van der Waals surface area contributed by atoms with Crippen molar-refractivity contribution < 1.29 is 0 Å². The zero-order valence-electron chi connectivity index (χ0n) is 15.7. The molecule has 0 N–H and O–H groups in total. The average Bonchev–Trinajstić information content (AvgIpc) is 3.45. The molecule has 2 saturated heterocycles. The Morgan fingerprint density at radius 3 is 2.52 bits per heavy atom. The van der Waals surface area contributed by atoms with Crippen LogP contribution in [0.25, 0.3) is 0 Å². The summed E-state index contributed by atoms with van der Waals surface area (Å²) in [6, 6.07) is 16.3. The van der Waals surface area contributed by atoms with Crippen LogP contribution in [0, 0.1) is 5.92 Å². The number of thiophene rings is 1. The van der Waals surface area contributed by atoms with Crippen molar-refractivity contribution in [3.05, 3.63) is 77.0 Å². The maximum atomic E-state index is 4.38. The van der Waals surface area contributed by atoms with Crippen molar-refractivity contribution in [2.75, 3.05) is 6.54 Å². The molecule has 4 heterocycles. The minimum absolute atomic E-state index is 0.382. The standard InChI is InChI=1S/C23H27N3S/c1-2-5-19(6-3-1)21(22-7-4-14-27-22)15-23(25-13-12-24-17-25)26-16-18-8-10-20(26)11-9-18/h1-7,12-14,17-18,20-21,23H,8-11,15-16H2. The number of imidazole rings is 1. The number of hydrogen-bond acceptors (Lipinski definition) is 3. The molecule has 2 bridgehead atoms. The van der Waals surface area contributed by atoms with Gasteiger partial charge in [-0.05, 0) is 55.0 Å². The van der Waals surface area contributed by atoms with E-state index in [1.807, 2.05) is 23.9 Å². The lowest BCUT2D eigenvalue weighted by Crippen LogP contribution is -2.51. The second kappa shape index (κ2) is 7.61. The number of rotatable bonds is 6. The third-order valence-corrected chi connectivity index (χ3v) is 7.53. The summed E-state index contributed by atoms with van der Waals surface area (Å²) in [6.45, 7) is 1.25. The van der Waals surface area contributed by atoms with Crippen LogP contribution in [0.2, 0.25) is 0 Å². The van der Waals surface area contributed by atoms with E-state index in [0.717, 1.165) is 18.4 Å². The molecular formula is C23H27N3S. The van der Waals surface area contributed by atoms with Crippen molar-refractivity contribution in [2.45, 2.75) is 50.2 Å². The van der Waals surface area contributed by atoms with E-state index < -0.39 is 0 Å². The van der Waals surface area contributed by atoms with Gasteiger partial charge in [-0.2, -0.15) is 0 Å². The fourth-order valence-electron chi connectivity index (χ4n) is 5.15. The zero-order valence-corrected chi connectivity index (χ0v) is 16.5. The maximum absolute atomic E-state index is 4.38. The predicted molar refractivity (Wildman–Crippen MR) is 111 cm³/mol. The number of hydrogen-bond donors (Lipinski definition) is 0. The molecule has 140 valence electrons. The van der Waals surface area contributed by atoms with Crippen LogP contribution in [0.3, 0.4) is 0 Å². The lowest BCUT2D eigenvalue weighted by Gasteiger charge is -2.49. The highest BCUT2D eigenvalue weighted by Crippen LogP contribution is 2.43. The van der Waals surface area contributed by atoms with Gasteiger partial charge in [0.2, 0.25) is 0 Å². The van der Waals surface area contributed by atoms with Gasteiger partial charge >= 0.3 is 0 Å². The van der Waals surface area contributed by atoms with Gasteiger partial charge in [-0.15, -0.1) is 11.3 Å². The summed E-state index contributed by atoms with van der Waals surface area (Å²) in [5, 5.41) is 2.21. The highest BCUT2D eigenvalue weighted by molar-refractivity contribution is 7.10. The molecule has 2 unspecified atom stereocenters. The predicted octanol–water partition coefficient (Wildman–Crippen LogP) is 5.54. The van der Waals surface area contributed by atoms with Crippen molar-refractivity contribution in [1.82, 2.24) is 14.5 Å². The van der Waals surface area contributed by atoms with E-state index in [-0.39, 0.29) is 0 Å². The molecule has 1 aliphatic carbocycles. The summed E-state index contributed by atoms with van der Waals surface area (Å²) in [5.41, 5.74) is 1.42. The summed E-state index contributed by atoms with van der Waals surface area (Å²) in [4.78, 5) is 8.64. The van der Waals surface area contributed by atoms with Gasteiger partial charge in [0.05, 0.1) is 12.5 Å². The highest BCUT2D eigenvalue weighted by Gasteiger charge is 2.39. The summed E-state index contributed by atoms with van der Waals surface area (Å²) >= 11 is 1.88. The number of benzene rings is 1. The van der Waals surface area contributed by atoms with Crippen LogP contribution < -0.4 is 0 Å². The number of nitrogens with zero attached hydrogens (tertiary/aromatic N) is 3. The molecule has 4 heteroatoms. The molecule has 2 aliphatic heterocycles. The second-order valence-corrected chi connectivity index (χ2v) is 9.06. The van der Waals surface area contributed by atoms with Crippen molar-refractivity contribution in [1.29, 1.82) is 0 Å². The van der Waals surface area contributed by atoms with Crippen LogP contribution in [-0.2, 0) is 0 Å². The Balaban J connectivity index is 1.49. The Morgan fingerprint density at radius 1 is 1.04 bits per heavy atom. The molecule has 0 amide bonds. The van der Waals surface area contributed by atoms with E-state index in [1.54, 1.807) is 0 Å². The first kappa shape index (κ1) is 17.2. The van der Waals surface area contributed by atoms with E-state index in [0.29, 0.717) is 12.1 Å². The van der Waals surface area contributed by atoms with E-state index in [1.165, 1.54) is 42.7 Å². The molecule has 1 aromatic carbocycles. The fourth-order valence-corrected chi connectivity index (χ4v) is 6.02. The lowest BCUT2D eigenvalue weighted by molar-refractivity contribution is -0.0178. The zero-order chi connectivity index (χ0) is 18.1. The number of fused-ring (bicyclic) bond motifs is 3. The van der Waals surface area contributed by atoms with Crippen LogP contribution in [0.15, 0.2) is 66.6 Å². The summed E-state index contributed by atoms with van der Waals surface area (Å²) in [7, 11) is 0. The van der Waals surface area contributed by atoms with Crippen molar-refractivity contribution in [3.63, 3.8) is 0 Å². The molecule has 0 spiro atoms. The molecule has 27 heavy (non-hydrogen) atoms. The Labute approximate surface area is 165 Å². The average molecular weight is 378 g/mol. The molecule has 0 radical (unpaired) electrons. The normalized spacial score (nSPS) is 24.7. The molecule has 3 nitrogen and oxygen atoms in total. The quantitative estimate of drug-likeness (QED) is 0.562. The second-order valence-electron chi connectivity index (χ2n) is 8.08. The minimum atomic E-state index is 0.382. The first-order valence-electron chi connectivity index (χ1n) is 10.2. The summed E-state index contributed by atoms with van der Waals surface area (Å²) in [5.74, 6) is 1.32. The third kappa shape index (κ3) is 3.48. The molecule has 3 aromatic rings. The SMILES string of the molecule is c1ccc(C(CC(N2CC3CCC2CC3)n2ccnc2)c2cccs2)cc1. The Kier molecular flexibility index (Phi) is 4.85. The van der Waals surface area contributed by atoms with Crippen molar-refractivity contribution in [2.24, 2.45) is 5.92 Å². The van der Waals surface area contributed by atoms with E-state index in [4.69, 9.17) is 0 Å². The van der Waals surface area contributed by atoms with Crippen molar-refractivity contribution >= 4 is 11.3 Å². The molecule has 2 aromatic heterocycles. The van der Waals surface area contributed by atoms with Crippen molar-refractivity contribution in [3.8, 4) is 0 Å². The highest BCUT2D eigenvalue weighted by atomic mass is 32.1. The lowest BCUT2D eigenvalue weighted by atomic mass is 9.79. The Hall–Kier alpha value is -1.91. The van der Waals surface area contributed by atoms with Crippen LogP contribution in [0.1, 0.15) is 54.6 Å². The largest absolute Gasteiger partial charge is 0.321 e. The van der Waals surface area contributed by atoms with Gasteiger partial charge in [0.25, 0.3) is 0 Å². The minimum Gasteiger partial charge on any atom is -0.321 e. The van der Waals surface area contributed by atoms with Crippen LogP contribution in [-0.4, -0.2) is 27.0 Å². The third-order valence-electron chi connectivity index (χ3n) is 6.54. The molecule has 3 aliphatic rings. The van der Waals surface area contributed by atoms with Crippen LogP contribution >= 0.6 is 11.3 Å². The first-order valence-corrected chi connectivity index (χ1v) is 11.1. The first-order chi connectivity index (χ1) is 13.4. The molecule has 6 rings (SSSR count). The monoisotopic (exact) mass is 377 g/mol. The van der Waals surface area contributed by atoms with Gasteiger partial charge < -0.3 is 4.57 Å². The Bertz CT molecular complexity index is 820. The molecule has 3 fully saturated rings. The number of aromatic nitrogens is 2. The number of piperidine rings is 2. The van der Waals surface area contributed by atoms with Gasteiger partial charge in [-0.3, -0.25) is 4.90 Å². The van der Waals surface area contributed by atoms with Gasteiger partial charge in [0, 0.05) is 35.8 Å². The molecule has 2 atom stereocenters. The van der Waals surface area contributed by atoms with Gasteiger partial charge in [-0.25, -0.2) is 4.98 Å². The van der Waals surface area contributed by atoms with Gasteiger partial charge in [-0.1, -0.05) is 36.4 Å². The van der Waals surface area contributed by atoms with Gasteiger partial charge in [0.15, 0.2) is 0 Å².